The van der Waals surface area contributed by atoms with Gasteiger partial charge in [-0.05, 0) is 18.2 Å². The van der Waals surface area contributed by atoms with Gasteiger partial charge in [-0.25, -0.2) is 0 Å². The molecule has 1 aromatic carbocycles. The van der Waals surface area contributed by atoms with Gasteiger partial charge in [0.1, 0.15) is 5.75 Å². The summed E-state index contributed by atoms with van der Waals surface area (Å²) in [6, 6.07) is 6.03. The maximum absolute atomic E-state index is 11.2. The fraction of sp³-hybridized carbons (Fsp3) is 0.222. The van der Waals surface area contributed by atoms with Gasteiger partial charge in [0, 0.05) is 12.1 Å². The molecule has 3 N–H and O–H groups in total. The molecule has 0 heterocycles. The van der Waals surface area contributed by atoms with Gasteiger partial charge in [-0.3, -0.25) is 4.79 Å². The molecule has 13 heavy (non-hydrogen) atoms. The normalized spacial score (nSPS) is 9.62. The number of benzene rings is 1. The molecular weight excluding hydrogens is 170 g/mol. The molecule has 0 aliphatic rings. The second kappa shape index (κ2) is 4.47. The molecule has 70 valence electrons. The lowest BCUT2D eigenvalue weighted by molar-refractivity contribution is 0.0944. The van der Waals surface area contributed by atoms with E-state index in [1.807, 2.05) is 0 Å². The minimum atomic E-state index is -0.301. The minimum Gasteiger partial charge on any atom is -0.508 e. The third-order valence-electron chi connectivity index (χ3n) is 1.51. The highest BCUT2D eigenvalue weighted by Crippen LogP contribution is 2.10. The lowest BCUT2D eigenvalue weighted by Gasteiger charge is -2.02. The van der Waals surface area contributed by atoms with E-state index in [2.05, 4.69) is 5.32 Å². The molecule has 0 bridgehead atoms. The summed E-state index contributed by atoms with van der Waals surface area (Å²) >= 11 is 0. The average Bonchev–Trinajstić information content (AvgIpc) is 2.14. The fourth-order valence-corrected chi connectivity index (χ4v) is 0.919. The number of phenols is 1. The van der Waals surface area contributed by atoms with Crippen LogP contribution in [0, 0.1) is 0 Å². The van der Waals surface area contributed by atoms with E-state index in [1.54, 1.807) is 12.1 Å². The van der Waals surface area contributed by atoms with Crippen molar-refractivity contribution in [3.63, 3.8) is 0 Å². The zero-order valence-corrected chi connectivity index (χ0v) is 7.03. The molecule has 4 nitrogen and oxygen atoms in total. The van der Waals surface area contributed by atoms with E-state index < -0.39 is 0 Å². The van der Waals surface area contributed by atoms with Gasteiger partial charge in [0.2, 0.25) is 0 Å². The number of amides is 1. The number of nitrogens with one attached hydrogen (secondary N) is 1. The van der Waals surface area contributed by atoms with Crippen molar-refractivity contribution in [3.05, 3.63) is 29.8 Å². The quantitative estimate of drug-likeness (QED) is 0.620. The van der Waals surface area contributed by atoms with E-state index >= 15 is 0 Å². The molecular formula is C9H11NO3. The van der Waals surface area contributed by atoms with Gasteiger partial charge in [0.25, 0.3) is 5.91 Å². The van der Waals surface area contributed by atoms with E-state index in [0.717, 1.165) is 0 Å². The topological polar surface area (TPSA) is 69.6 Å². The van der Waals surface area contributed by atoms with Crippen molar-refractivity contribution >= 4 is 5.91 Å². The number of aromatic hydroxyl groups is 1. The smallest absolute Gasteiger partial charge is 0.251 e. The van der Waals surface area contributed by atoms with Gasteiger partial charge < -0.3 is 15.5 Å². The Balaban J connectivity index is 2.66. The Morgan fingerprint density at radius 1 is 1.46 bits per heavy atom. The summed E-state index contributed by atoms with van der Waals surface area (Å²) in [5.74, 6) is -0.249. The summed E-state index contributed by atoms with van der Waals surface area (Å²) in [7, 11) is 0. The second-order valence-electron chi connectivity index (χ2n) is 2.53. The molecule has 0 radical (unpaired) electrons. The van der Waals surface area contributed by atoms with Crippen LogP contribution in [0.15, 0.2) is 24.3 Å². The van der Waals surface area contributed by atoms with Gasteiger partial charge in [-0.15, -0.1) is 0 Å². The standard InChI is InChI=1S/C9H11NO3/c11-5-4-10-9(13)7-2-1-3-8(12)6-7/h1-3,6,11-12H,4-5H2,(H,10,13). The first-order chi connectivity index (χ1) is 6.24. The number of phenolic OH excluding ortho intramolecular Hbond substituents is 1. The Kier molecular flexibility index (Phi) is 3.28. The number of carbonyl (C=O) groups is 1. The minimum absolute atomic E-state index is 0.0525. The molecule has 0 saturated carbocycles. The lowest BCUT2D eigenvalue weighted by Crippen LogP contribution is -2.26. The predicted octanol–water partition coefficient (Wildman–Crippen LogP) is 0.114. The summed E-state index contributed by atoms with van der Waals surface area (Å²) < 4.78 is 0. The zero-order chi connectivity index (χ0) is 9.68. The van der Waals surface area contributed by atoms with Crippen molar-refractivity contribution in [2.24, 2.45) is 0 Å². The number of hydrogen-bond donors (Lipinski definition) is 3. The number of rotatable bonds is 3. The third-order valence-corrected chi connectivity index (χ3v) is 1.51. The summed E-state index contributed by atoms with van der Waals surface area (Å²) in [6.07, 6.45) is 0. The van der Waals surface area contributed by atoms with Crippen molar-refractivity contribution in [2.75, 3.05) is 13.2 Å². The highest BCUT2D eigenvalue weighted by Gasteiger charge is 2.03. The molecule has 0 atom stereocenters. The van der Waals surface area contributed by atoms with Crippen molar-refractivity contribution < 1.29 is 15.0 Å². The molecule has 0 aliphatic carbocycles. The summed E-state index contributed by atoms with van der Waals surface area (Å²) in [5.41, 5.74) is 0.383. The van der Waals surface area contributed by atoms with Crippen LogP contribution in [0.1, 0.15) is 10.4 Å². The maximum Gasteiger partial charge on any atom is 0.251 e. The van der Waals surface area contributed by atoms with Gasteiger partial charge in [0.05, 0.1) is 6.61 Å². The van der Waals surface area contributed by atoms with Crippen LogP contribution in [0.5, 0.6) is 5.75 Å². The largest absolute Gasteiger partial charge is 0.508 e. The Hall–Kier alpha value is -1.55. The van der Waals surface area contributed by atoms with Crippen LogP contribution in [0.3, 0.4) is 0 Å². The van der Waals surface area contributed by atoms with Gasteiger partial charge in [-0.1, -0.05) is 6.07 Å². The zero-order valence-electron chi connectivity index (χ0n) is 7.03. The molecule has 0 fully saturated rings. The van der Waals surface area contributed by atoms with Gasteiger partial charge in [-0.2, -0.15) is 0 Å². The van der Waals surface area contributed by atoms with Crippen molar-refractivity contribution in [1.82, 2.24) is 5.32 Å². The highest BCUT2D eigenvalue weighted by molar-refractivity contribution is 5.94. The van der Waals surface area contributed by atoms with Crippen molar-refractivity contribution in [3.8, 4) is 5.75 Å². The van der Waals surface area contributed by atoms with Crippen molar-refractivity contribution in [1.29, 1.82) is 0 Å². The van der Waals surface area contributed by atoms with Crippen LogP contribution in [0.2, 0.25) is 0 Å². The monoisotopic (exact) mass is 181 g/mol. The van der Waals surface area contributed by atoms with E-state index in [1.165, 1.54) is 12.1 Å². The van der Waals surface area contributed by atoms with Crippen LogP contribution in [-0.4, -0.2) is 29.3 Å². The second-order valence-corrected chi connectivity index (χ2v) is 2.53. The van der Waals surface area contributed by atoms with Gasteiger partial charge in [0.15, 0.2) is 0 Å². The SMILES string of the molecule is O=C(NCCO)c1cccc(O)c1. The van der Waals surface area contributed by atoms with Crippen LogP contribution >= 0.6 is 0 Å². The summed E-state index contributed by atoms with van der Waals surface area (Å²) in [4.78, 5) is 11.2. The van der Waals surface area contributed by atoms with Crippen LogP contribution in [0.4, 0.5) is 0 Å². The summed E-state index contributed by atoms with van der Waals surface area (Å²) in [6.45, 7) is 0.124. The Bertz CT molecular complexity index is 299. The van der Waals surface area contributed by atoms with E-state index in [-0.39, 0.29) is 24.8 Å². The first-order valence-electron chi connectivity index (χ1n) is 3.92. The Morgan fingerprint density at radius 3 is 2.85 bits per heavy atom. The molecule has 4 heteroatoms. The molecule has 0 aliphatic heterocycles. The van der Waals surface area contributed by atoms with Crippen LogP contribution in [-0.2, 0) is 0 Å². The molecule has 1 amide bonds. The molecule has 0 unspecified atom stereocenters. The first-order valence-corrected chi connectivity index (χ1v) is 3.92. The molecule has 0 saturated heterocycles. The van der Waals surface area contributed by atoms with E-state index in [4.69, 9.17) is 10.2 Å². The molecule has 0 aromatic heterocycles. The maximum atomic E-state index is 11.2. The number of carbonyl (C=O) groups excluding carboxylic acids is 1. The first kappa shape index (κ1) is 9.54. The number of aliphatic hydroxyl groups is 1. The van der Waals surface area contributed by atoms with Gasteiger partial charge >= 0.3 is 0 Å². The fourth-order valence-electron chi connectivity index (χ4n) is 0.919. The van der Waals surface area contributed by atoms with Crippen molar-refractivity contribution in [2.45, 2.75) is 0 Å². The molecule has 1 rings (SSSR count). The van der Waals surface area contributed by atoms with E-state index in [0.29, 0.717) is 5.56 Å². The van der Waals surface area contributed by atoms with Crippen LogP contribution in [0.25, 0.3) is 0 Å². The Labute approximate surface area is 75.8 Å². The average molecular weight is 181 g/mol. The summed E-state index contributed by atoms with van der Waals surface area (Å²) in [5, 5.41) is 20.0. The number of hydrogen-bond acceptors (Lipinski definition) is 3. The predicted molar refractivity (Wildman–Crippen MR) is 47.5 cm³/mol. The Morgan fingerprint density at radius 2 is 2.23 bits per heavy atom. The molecule has 0 spiro atoms. The number of aliphatic hydroxyl groups excluding tert-OH is 1. The lowest BCUT2D eigenvalue weighted by atomic mass is 10.2. The highest BCUT2D eigenvalue weighted by atomic mass is 16.3. The van der Waals surface area contributed by atoms with E-state index in [9.17, 15) is 4.79 Å². The third kappa shape index (κ3) is 2.76. The van der Waals surface area contributed by atoms with Crippen LogP contribution < -0.4 is 5.32 Å². The molecule has 1 aromatic rings.